The van der Waals surface area contributed by atoms with Gasteiger partial charge < -0.3 is 0 Å². The van der Waals surface area contributed by atoms with E-state index >= 15 is 0 Å². The van der Waals surface area contributed by atoms with Gasteiger partial charge in [0.15, 0.2) is 0 Å². The van der Waals surface area contributed by atoms with E-state index < -0.39 is 10.0 Å². The molecule has 7 heteroatoms. The van der Waals surface area contributed by atoms with Crippen LogP contribution in [0.4, 0.5) is 5.69 Å². The van der Waals surface area contributed by atoms with E-state index in [1.807, 2.05) is 19.9 Å². The van der Waals surface area contributed by atoms with Crippen LogP contribution >= 0.6 is 39.1 Å². The Labute approximate surface area is 142 Å². The first kappa shape index (κ1) is 16.6. The molecule has 2 rings (SSSR count). The molecule has 3 nitrogen and oxygen atoms in total. The Hall–Kier alpha value is -0.750. The number of benzene rings is 2. The molecule has 0 aliphatic rings. The number of nitrogens with one attached hydrogen (secondary N) is 1. The maximum absolute atomic E-state index is 12.5. The lowest BCUT2D eigenvalue weighted by Gasteiger charge is -2.12. The number of aryl methyl sites for hydroxylation is 2. The van der Waals surface area contributed by atoms with Crippen molar-refractivity contribution in [3.05, 3.63) is 56.0 Å². The highest BCUT2D eigenvalue weighted by Crippen LogP contribution is 2.34. The van der Waals surface area contributed by atoms with E-state index in [1.165, 1.54) is 12.1 Å². The normalized spacial score (nSPS) is 11.5. The Balaban J connectivity index is 2.48. The van der Waals surface area contributed by atoms with Gasteiger partial charge in [0.05, 0.1) is 10.0 Å². The summed E-state index contributed by atoms with van der Waals surface area (Å²) < 4.78 is 28.1. The van der Waals surface area contributed by atoms with E-state index in [0.29, 0.717) is 10.2 Å². The molecule has 0 heterocycles. The van der Waals surface area contributed by atoms with Crippen molar-refractivity contribution in [3.8, 4) is 0 Å². The van der Waals surface area contributed by atoms with Gasteiger partial charge in [0.25, 0.3) is 10.0 Å². The fourth-order valence-corrected chi connectivity index (χ4v) is 5.00. The quantitative estimate of drug-likeness (QED) is 0.760. The van der Waals surface area contributed by atoms with E-state index in [9.17, 15) is 8.42 Å². The number of hydrogen-bond donors (Lipinski definition) is 1. The van der Waals surface area contributed by atoms with Gasteiger partial charge in [0.1, 0.15) is 4.90 Å². The summed E-state index contributed by atoms with van der Waals surface area (Å²) in [7, 11) is -3.86. The molecular weight excluding hydrogens is 397 g/mol. The average Bonchev–Trinajstić information content (AvgIpc) is 2.23. The molecule has 0 atom stereocenters. The number of hydrogen-bond acceptors (Lipinski definition) is 2. The van der Waals surface area contributed by atoms with Gasteiger partial charge in [0, 0.05) is 10.2 Å². The molecule has 0 bridgehead atoms. The van der Waals surface area contributed by atoms with Crippen LogP contribution in [-0.4, -0.2) is 8.42 Å². The van der Waals surface area contributed by atoms with Crippen LogP contribution in [0, 0.1) is 13.8 Å². The summed E-state index contributed by atoms with van der Waals surface area (Å²) in [4.78, 5) is -0.131. The molecule has 21 heavy (non-hydrogen) atoms. The van der Waals surface area contributed by atoms with Crippen LogP contribution in [-0.2, 0) is 10.0 Å². The van der Waals surface area contributed by atoms with E-state index in [0.717, 1.165) is 11.1 Å². The van der Waals surface area contributed by atoms with Crippen LogP contribution in [0.1, 0.15) is 11.1 Å². The van der Waals surface area contributed by atoms with E-state index in [2.05, 4.69) is 20.7 Å². The standard InChI is InChI=1S/C14H12BrCl2NO2S/c1-8-3-9(2)5-11(4-8)18-21(19,20)14-12(16)6-10(15)7-13(14)17/h3-7,18H,1-2H3. The van der Waals surface area contributed by atoms with Crippen LogP contribution in [0.2, 0.25) is 10.0 Å². The van der Waals surface area contributed by atoms with Gasteiger partial charge in [-0.05, 0) is 49.2 Å². The Kier molecular flexibility index (Phi) is 4.88. The van der Waals surface area contributed by atoms with Gasteiger partial charge in [-0.15, -0.1) is 0 Å². The highest BCUT2D eigenvalue weighted by molar-refractivity contribution is 9.10. The van der Waals surface area contributed by atoms with Gasteiger partial charge in [-0.25, -0.2) is 8.42 Å². The van der Waals surface area contributed by atoms with Gasteiger partial charge in [-0.3, -0.25) is 4.72 Å². The number of halogens is 3. The summed E-state index contributed by atoms with van der Waals surface area (Å²) in [5.41, 5.74) is 2.39. The molecule has 0 unspecified atom stereocenters. The Morgan fingerprint density at radius 1 is 0.952 bits per heavy atom. The number of sulfonamides is 1. The lowest BCUT2D eigenvalue weighted by molar-refractivity contribution is 0.601. The largest absolute Gasteiger partial charge is 0.280 e. The summed E-state index contributed by atoms with van der Waals surface area (Å²) in [5, 5.41) is 0.123. The zero-order valence-corrected chi connectivity index (χ0v) is 15.2. The van der Waals surface area contributed by atoms with E-state index in [1.54, 1.807) is 12.1 Å². The van der Waals surface area contributed by atoms with Gasteiger partial charge >= 0.3 is 0 Å². The third kappa shape index (κ3) is 3.92. The lowest BCUT2D eigenvalue weighted by Crippen LogP contribution is -2.14. The topological polar surface area (TPSA) is 46.2 Å². The minimum absolute atomic E-state index is 0.0613. The minimum atomic E-state index is -3.86. The maximum atomic E-state index is 12.5. The average molecular weight is 409 g/mol. The maximum Gasteiger partial charge on any atom is 0.264 e. The van der Waals surface area contributed by atoms with Crippen LogP contribution < -0.4 is 4.72 Å². The van der Waals surface area contributed by atoms with Crippen molar-refractivity contribution < 1.29 is 8.42 Å². The summed E-state index contributed by atoms with van der Waals surface area (Å²) in [6.07, 6.45) is 0. The smallest absolute Gasteiger partial charge is 0.264 e. The zero-order chi connectivity index (χ0) is 15.8. The molecule has 2 aromatic carbocycles. The van der Waals surface area contributed by atoms with Crippen LogP contribution in [0.3, 0.4) is 0 Å². The monoisotopic (exact) mass is 407 g/mol. The predicted octanol–water partition coefficient (Wildman–Crippen LogP) is 5.17. The van der Waals surface area contributed by atoms with Crippen molar-refractivity contribution in [1.82, 2.24) is 0 Å². The summed E-state index contributed by atoms with van der Waals surface area (Å²) >= 11 is 15.2. The van der Waals surface area contributed by atoms with Gasteiger partial charge in [-0.2, -0.15) is 0 Å². The summed E-state index contributed by atoms with van der Waals surface area (Å²) in [6, 6.07) is 8.42. The first-order valence-corrected chi connectivity index (χ1v) is 8.98. The SMILES string of the molecule is Cc1cc(C)cc(NS(=O)(=O)c2c(Cl)cc(Br)cc2Cl)c1. The third-order valence-corrected chi connectivity index (χ3v) is 5.47. The highest BCUT2D eigenvalue weighted by Gasteiger charge is 2.22. The van der Waals surface area contributed by atoms with E-state index in [4.69, 9.17) is 23.2 Å². The van der Waals surface area contributed by atoms with Gasteiger partial charge in [0.2, 0.25) is 0 Å². The Morgan fingerprint density at radius 2 is 1.43 bits per heavy atom. The predicted molar refractivity (Wildman–Crippen MR) is 90.9 cm³/mol. The second-order valence-electron chi connectivity index (χ2n) is 4.68. The fourth-order valence-electron chi connectivity index (χ4n) is 2.03. The molecule has 112 valence electrons. The molecule has 0 fully saturated rings. The number of anilines is 1. The van der Waals surface area contributed by atoms with Crippen molar-refractivity contribution in [2.45, 2.75) is 18.7 Å². The fraction of sp³-hybridized carbons (Fsp3) is 0.143. The Morgan fingerprint density at radius 3 is 1.90 bits per heavy atom. The molecular formula is C14H12BrCl2NO2S. The Bertz CT molecular complexity index is 763. The molecule has 0 spiro atoms. The summed E-state index contributed by atoms with van der Waals surface area (Å²) in [5.74, 6) is 0. The molecule has 0 amide bonds. The second kappa shape index (κ2) is 6.16. The van der Waals surface area contributed by atoms with Crippen LogP contribution in [0.5, 0.6) is 0 Å². The molecule has 0 aliphatic heterocycles. The highest BCUT2D eigenvalue weighted by atomic mass is 79.9. The third-order valence-electron chi connectivity index (χ3n) is 2.71. The molecule has 0 radical (unpaired) electrons. The van der Waals surface area contributed by atoms with Crippen molar-refractivity contribution >= 4 is 54.8 Å². The first-order chi connectivity index (χ1) is 9.69. The minimum Gasteiger partial charge on any atom is -0.280 e. The van der Waals surface area contributed by atoms with Crippen LogP contribution in [0.15, 0.2) is 39.7 Å². The van der Waals surface area contributed by atoms with Crippen molar-refractivity contribution in [2.75, 3.05) is 4.72 Å². The molecule has 0 aliphatic carbocycles. The molecule has 0 saturated heterocycles. The zero-order valence-electron chi connectivity index (χ0n) is 11.2. The van der Waals surface area contributed by atoms with Crippen molar-refractivity contribution in [1.29, 1.82) is 0 Å². The number of rotatable bonds is 3. The van der Waals surface area contributed by atoms with Crippen molar-refractivity contribution in [2.24, 2.45) is 0 Å². The lowest BCUT2D eigenvalue weighted by atomic mass is 10.1. The van der Waals surface area contributed by atoms with Crippen molar-refractivity contribution in [3.63, 3.8) is 0 Å². The first-order valence-electron chi connectivity index (χ1n) is 5.95. The second-order valence-corrected chi connectivity index (χ2v) is 8.03. The summed E-state index contributed by atoms with van der Waals surface area (Å²) in [6.45, 7) is 3.79. The molecule has 0 aromatic heterocycles. The molecule has 0 saturated carbocycles. The van der Waals surface area contributed by atoms with Crippen LogP contribution in [0.25, 0.3) is 0 Å². The molecule has 1 N–H and O–H groups in total. The van der Waals surface area contributed by atoms with Gasteiger partial charge in [-0.1, -0.05) is 45.2 Å². The van der Waals surface area contributed by atoms with E-state index in [-0.39, 0.29) is 14.9 Å². The molecule has 2 aromatic rings.